The van der Waals surface area contributed by atoms with Gasteiger partial charge in [-0.1, -0.05) is 19.1 Å². The van der Waals surface area contributed by atoms with Gasteiger partial charge in [0.1, 0.15) is 5.82 Å². The van der Waals surface area contributed by atoms with Crippen molar-refractivity contribution in [1.82, 2.24) is 4.57 Å². The lowest BCUT2D eigenvalue weighted by Crippen LogP contribution is -2.07. The summed E-state index contributed by atoms with van der Waals surface area (Å²) in [5.41, 5.74) is 2.23. The maximum atomic E-state index is 12.8. The first kappa shape index (κ1) is 13.3. The van der Waals surface area contributed by atoms with Crippen LogP contribution in [0.3, 0.4) is 0 Å². The third-order valence-electron chi connectivity index (χ3n) is 3.20. The van der Waals surface area contributed by atoms with Crippen molar-refractivity contribution in [2.45, 2.75) is 26.3 Å². The van der Waals surface area contributed by atoms with Crippen molar-refractivity contribution in [2.75, 3.05) is 0 Å². The minimum atomic E-state index is -0.891. The number of rotatable bonds is 5. The van der Waals surface area contributed by atoms with E-state index in [2.05, 4.69) is 0 Å². The fourth-order valence-corrected chi connectivity index (χ4v) is 2.20. The predicted molar refractivity (Wildman–Crippen MR) is 70.9 cm³/mol. The molecule has 0 unspecified atom stereocenters. The SMILES string of the molecule is CCc1c(C(=O)O)ccn1CCc1ccc(F)cc1. The van der Waals surface area contributed by atoms with E-state index in [1.165, 1.54) is 12.1 Å². The number of carboxylic acids is 1. The molecule has 0 saturated heterocycles. The molecule has 3 nitrogen and oxygen atoms in total. The summed E-state index contributed by atoms with van der Waals surface area (Å²) in [6, 6.07) is 8.01. The molecular weight excluding hydrogens is 245 g/mol. The van der Waals surface area contributed by atoms with E-state index in [1.807, 2.05) is 11.5 Å². The van der Waals surface area contributed by atoms with Gasteiger partial charge >= 0.3 is 5.97 Å². The molecule has 1 heterocycles. The van der Waals surface area contributed by atoms with Crippen molar-refractivity contribution in [3.63, 3.8) is 0 Å². The van der Waals surface area contributed by atoms with Crippen LogP contribution in [-0.2, 0) is 19.4 Å². The lowest BCUT2D eigenvalue weighted by Gasteiger charge is -2.09. The van der Waals surface area contributed by atoms with Crippen molar-refractivity contribution in [3.8, 4) is 0 Å². The molecule has 2 aromatic rings. The molecule has 1 aromatic heterocycles. The molecule has 0 amide bonds. The van der Waals surface area contributed by atoms with Gasteiger partial charge < -0.3 is 9.67 Å². The quantitative estimate of drug-likeness (QED) is 0.898. The van der Waals surface area contributed by atoms with E-state index >= 15 is 0 Å². The Morgan fingerprint density at radius 3 is 2.53 bits per heavy atom. The molecular formula is C15H16FNO2. The Balaban J connectivity index is 2.11. The molecule has 0 bridgehead atoms. The van der Waals surface area contributed by atoms with Gasteiger partial charge in [0.05, 0.1) is 5.56 Å². The first-order chi connectivity index (χ1) is 9.11. The topological polar surface area (TPSA) is 42.2 Å². The summed E-state index contributed by atoms with van der Waals surface area (Å²) in [7, 11) is 0. The second kappa shape index (κ2) is 5.69. The fourth-order valence-electron chi connectivity index (χ4n) is 2.20. The zero-order valence-electron chi connectivity index (χ0n) is 10.8. The van der Waals surface area contributed by atoms with Crippen molar-refractivity contribution >= 4 is 5.97 Å². The summed E-state index contributed by atoms with van der Waals surface area (Å²) in [5, 5.41) is 9.07. The van der Waals surface area contributed by atoms with Crippen LogP contribution in [0, 0.1) is 5.82 Å². The average Bonchev–Trinajstić information content (AvgIpc) is 2.81. The van der Waals surface area contributed by atoms with Gasteiger partial charge in [0.25, 0.3) is 0 Å². The summed E-state index contributed by atoms with van der Waals surface area (Å²) in [5.74, 6) is -1.13. The van der Waals surface area contributed by atoms with Gasteiger partial charge in [-0.3, -0.25) is 0 Å². The molecule has 0 aliphatic rings. The highest BCUT2D eigenvalue weighted by Crippen LogP contribution is 2.14. The standard InChI is InChI=1S/C15H16FNO2/c1-2-14-13(15(18)19)8-10-17(14)9-7-11-3-5-12(16)6-4-11/h3-6,8,10H,2,7,9H2,1H3,(H,18,19). The van der Waals surface area contributed by atoms with Crippen LogP contribution < -0.4 is 0 Å². The van der Waals surface area contributed by atoms with Crippen LogP contribution in [0.4, 0.5) is 4.39 Å². The molecule has 0 atom stereocenters. The van der Waals surface area contributed by atoms with E-state index in [0.29, 0.717) is 18.5 Å². The Morgan fingerprint density at radius 2 is 1.95 bits per heavy atom. The second-order valence-corrected chi connectivity index (χ2v) is 4.40. The van der Waals surface area contributed by atoms with E-state index in [1.54, 1.807) is 24.4 Å². The van der Waals surface area contributed by atoms with Crippen LogP contribution in [0.25, 0.3) is 0 Å². The Labute approximate surface area is 111 Å². The monoisotopic (exact) mass is 261 g/mol. The first-order valence-electron chi connectivity index (χ1n) is 6.27. The van der Waals surface area contributed by atoms with Crippen molar-refractivity contribution < 1.29 is 14.3 Å². The molecule has 100 valence electrons. The average molecular weight is 261 g/mol. The molecule has 2 rings (SSSR count). The minimum absolute atomic E-state index is 0.243. The molecule has 0 aliphatic carbocycles. The number of carbonyl (C=O) groups is 1. The molecule has 0 spiro atoms. The van der Waals surface area contributed by atoms with E-state index in [0.717, 1.165) is 17.7 Å². The number of carboxylic acid groups (broad SMARTS) is 1. The van der Waals surface area contributed by atoms with E-state index in [4.69, 9.17) is 5.11 Å². The first-order valence-corrected chi connectivity index (χ1v) is 6.27. The van der Waals surface area contributed by atoms with E-state index in [9.17, 15) is 9.18 Å². The van der Waals surface area contributed by atoms with Gasteiger partial charge in [-0.2, -0.15) is 0 Å². The van der Waals surface area contributed by atoms with Crippen molar-refractivity contribution in [3.05, 3.63) is 59.2 Å². The van der Waals surface area contributed by atoms with Crippen LogP contribution in [0.5, 0.6) is 0 Å². The smallest absolute Gasteiger partial charge is 0.337 e. The zero-order valence-corrected chi connectivity index (χ0v) is 10.8. The molecule has 19 heavy (non-hydrogen) atoms. The Kier molecular flexibility index (Phi) is 4.00. The maximum absolute atomic E-state index is 12.8. The summed E-state index contributed by atoms with van der Waals surface area (Å²) in [4.78, 5) is 11.1. The molecule has 0 saturated carbocycles. The number of aryl methyl sites for hydroxylation is 2. The summed E-state index contributed by atoms with van der Waals surface area (Å²) >= 11 is 0. The Hall–Kier alpha value is -2.10. The van der Waals surface area contributed by atoms with Gasteiger partial charge in [-0.15, -0.1) is 0 Å². The van der Waals surface area contributed by atoms with Crippen LogP contribution in [0.2, 0.25) is 0 Å². The number of nitrogens with zero attached hydrogens (tertiary/aromatic N) is 1. The minimum Gasteiger partial charge on any atom is -0.478 e. The van der Waals surface area contributed by atoms with Crippen molar-refractivity contribution in [1.29, 1.82) is 0 Å². The zero-order chi connectivity index (χ0) is 13.8. The maximum Gasteiger partial charge on any atom is 0.337 e. The van der Waals surface area contributed by atoms with Crippen molar-refractivity contribution in [2.24, 2.45) is 0 Å². The molecule has 0 fully saturated rings. The van der Waals surface area contributed by atoms with Gasteiger partial charge in [0.2, 0.25) is 0 Å². The van der Waals surface area contributed by atoms with Gasteiger partial charge in [0.15, 0.2) is 0 Å². The lowest BCUT2D eigenvalue weighted by molar-refractivity contribution is 0.0695. The van der Waals surface area contributed by atoms with Crippen LogP contribution in [0.1, 0.15) is 28.5 Å². The second-order valence-electron chi connectivity index (χ2n) is 4.40. The number of aromatic carboxylic acids is 1. The number of aromatic nitrogens is 1. The summed E-state index contributed by atoms with van der Waals surface area (Å²) in [6.07, 6.45) is 3.23. The van der Waals surface area contributed by atoms with Crippen LogP contribution in [0.15, 0.2) is 36.5 Å². The lowest BCUT2D eigenvalue weighted by atomic mass is 10.1. The Bertz CT molecular complexity index is 572. The van der Waals surface area contributed by atoms with Gasteiger partial charge in [-0.25, -0.2) is 9.18 Å². The number of halogens is 1. The van der Waals surface area contributed by atoms with E-state index < -0.39 is 5.97 Å². The molecule has 0 radical (unpaired) electrons. The van der Waals surface area contributed by atoms with Gasteiger partial charge in [-0.05, 0) is 36.6 Å². The Morgan fingerprint density at radius 1 is 1.26 bits per heavy atom. The van der Waals surface area contributed by atoms with Crippen LogP contribution in [-0.4, -0.2) is 15.6 Å². The highest BCUT2D eigenvalue weighted by Gasteiger charge is 2.13. The normalized spacial score (nSPS) is 10.6. The third-order valence-corrected chi connectivity index (χ3v) is 3.20. The van der Waals surface area contributed by atoms with E-state index in [-0.39, 0.29) is 5.82 Å². The molecule has 1 aromatic carbocycles. The molecule has 4 heteroatoms. The summed E-state index contributed by atoms with van der Waals surface area (Å²) < 4.78 is 14.7. The van der Waals surface area contributed by atoms with Crippen LogP contribution >= 0.6 is 0 Å². The molecule has 1 N–H and O–H groups in total. The predicted octanol–water partition coefficient (Wildman–Crippen LogP) is 3.13. The molecule has 0 aliphatic heterocycles. The fraction of sp³-hybridized carbons (Fsp3) is 0.267. The number of hydrogen-bond donors (Lipinski definition) is 1. The van der Waals surface area contributed by atoms with Gasteiger partial charge in [0, 0.05) is 18.4 Å². The highest BCUT2D eigenvalue weighted by atomic mass is 19.1. The number of benzene rings is 1. The summed E-state index contributed by atoms with van der Waals surface area (Å²) in [6.45, 7) is 2.64. The highest BCUT2D eigenvalue weighted by molar-refractivity contribution is 5.89. The number of hydrogen-bond acceptors (Lipinski definition) is 1. The third kappa shape index (κ3) is 3.02. The largest absolute Gasteiger partial charge is 0.478 e.